The molecular formula is C11H23ClN2O4. The first-order valence-electron chi connectivity index (χ1n) is 5.25. The molecule has 0 aromatic heterocycles. The van der Waals surface area contributed by atoms with Crippen LogP contribution >= 0.6 is 0 Å². The van der Waals surface area contributed by atoms with Crippen LogP contribution in [0.3, 0.4) is 0 Å². The van der Waals surface area contributed by atoms with E-state index in [1.54, 1.807) is 0 Å². The molecule has 0 amide bonds. The second-order valence-corrected chi connectivity index (χ2v) is 6.02. The van der Waals surface area contributed by atoms with Gasteiger partial charge in [0.25, 0.3) is 0 Å². The number of rotatable bonds is 2. The van der Waals surface area contributed by atoms with Crippen molar-refractivity contribution in [1.29, 1.82) is 0 Å². The highest BCUT2D eigenvalue weighted by molar-refractivity contribution is 5.75. The summed E-state index contributed by atoms with van der Waals surface area (Å²) in [7, 11) is 3.26. The molecule has 0 saturated carbocycles. The zero-order chi connectivity index (χ0) is 15.1. The minimum absolute atomic E-state index is 0.203. The number of nitrogens with zero attached hydrogens (tertiary/aromatic N) is 2. The predicted octanol–water partition coefficient (Wildman–Crippen LogP) is -2.94. The number of allylic oxidation sites excluding steroid dienone is 1. The molecule has 108 valence electrons. The van der Waals surface area contributed by atoms with Gasteiger partial charge in [-0.15, -0.1) is 10.2 Å². The van der Waals surface area contributed by atoms with Crippen LogP contribution in [0.25, 0.3) is 0 Å². The average molecular weight is 283 g/mol. The quantitative estimate of drug-likeness (QED) is 0.399. The van der Waals surface area contributed by atoms with Gasteiger partial charge in [0.15, 0.2) is 6.21 Å². The first-order chi connectivity index (χ1) is 7.73. The fourth-order valence-electron chi connectivity index (χ4n) is 0.977. The SMILES string of the molecule is CN(C)/C=C(/C=[N+](C)C)C(C)(C)C.[O-][Cl+3]([O-])([O-])[O-]. The molecule has 7 heteroatoms. The van der Waals surface area contributed by atoms with Crippen LogP contribution in [0.5, 0.6) is 0 Å². The van der Waals surface area contributed by atoms with Crippen LogP contribution in [-0.4, -0.2) is 43.9 Å². The van der Waals surface area contributed by atoms with Gasteiger partial charge in [0, 0.05) is 25.9 Å². The molecule has 0 heterocycles. The Kier molecular flexibility index (Phi) is 8.42. The van der Waals surface area contributed by atoms with Gasteiger partial charge >= 0.3 is 0 Å². The van der Waals surface area contributed by atoms with Crippen molar-refractivity contribution in [2.75, 3.05) is 28.2 Å². The molecule has 0 rings (SSSR count). The summed E-state index contributed by atoms with van der Waals surface area (Å²) in [5, 5.41) is 0. The number of hydrogen-bond acceptors (Lipinski definition) is 5. The third-order valence-corrected chi connectivity index (χ3v) is 1.66. The van der Waals surface area contributed by atoms with Crippen molar-refractivity contribution in [2.45, 2.75) is 20.8 Å². The highest BCUT2D eigenvalue weighted by Gasteiger charge is 2.18. The lowest BCUT2D eigenvalue weighted by Gasteiger charge is -2.20. The van der Waals surface area contributed by atoms with Crippen molar-refractivity contribution >= 4 is 6.21 Å². The molecule has 0 fully saturated rings. The Labute approximate surface area is 111 Å². The van der Waals surface area contributed by atoms with Crippen molar-refractivity contribution in [3.05, 3.63) is 11.8 Å². The van der Waals surface area contributed by atoms with E-state index in [4.69, 9.17) is 18.6 Å². The van der Waals surface area contributed by atoms with E-state index in [0.717, 1.165) is 0 Å². The third kappa shape index (κ3) is 17.7. The van der Waals surface area contributed by atoms with Gasteiger partial charge in [-0.1, -0.05) is 20.8 Å². The Morgan fingerprint density at radius 3 is 1.56 bits per heavy atom. The minimum Gasteiger partial charge on any atom is -0.383 e. The maximum absolute atomic E-state index is 8.49. The Hall–Kier alpha value is -0.660. The molecule has 0 N–H and O–H groups in total. The fourth-order valence-corrected chi connectivity index (χ4v) is 0.977. The first-order valence-corrected chi connectivity index (χ1v) is 6.48. The molecule has 0 spiro atoms. The van der Waals surface area contributed by atoms with E-state index in [1.807, 2.05) is 0 Å². The fraction of sp³-hybridized carbons (Fsp3) is 0.727. The van der Waals surface area contributed by atoms with Gasteiger partial charge in [0.05, 0.1) is 0 Å². The third-order valence-electron chi connectivity index (χ3n) is 1.66. The maximum atomic E-state index is 8.49. The molecule has 0 aliphatic heterocycles. The topological polar surface area (TPSA) is 98.5 Å². The molecule has 0 aliphatic rings. The zero-order valence-corrected chi connectivity index (χ0v) is 12.8. The van der Waals surface area contributed by atoms with E-state index in [1.165, 1.54) is 5.57 Å². The smallest absolute Gasteiger partial charge is 0.168 e. The van der Waals surface area contributed by atoms with Crippen LogP contribution in [0.15, 0.2) is 11.8 Å². The van der Waals surface area contributed by atoms with Crippen LogP contribution in [0.2, 0.25) is 0 Å². The molecule has 0 radical (unpaired) electrons. The van der Waals surface area contributed by atoms with Crippen molar-refractivity contribution in [2.24, 2.45) is 5.41 Å². The second-order valence-electron chi connectivity index (χ2n) is 5.27. The van der Waals surface area contributed by atoms with Gasteiger partial charge in [0.1, 0.15) is 14.1 Å². The summed E-state index contributed by atoms with van der Waals surface area (Å²) in [4.78, 5) is 2.08. The number of halogens is 1. The maximum Gasteiger partial charge on any atom is 0.168 e. The van der Waals surface area contributed by atoms with E-state index in [9.17, 15) is 0 Å². The van der Waals surface area contributed by atoms with Crippen LogP contribution in [-0.2, 0) is 0 Å². The first kappa shape index (κ1) is 19.7. The Bertz CT molecular complexity index is 291. The lowest BCUT2D eigenvalue weighted by molar-refractivity contribution is -2.00. The summed E-state index contributed by atoms with van der Waals surface area (Å²) < 4.78 is 36.1. The molecule has 0 unspecified atom stereocenters. The van der Waals surface area contributed by atoms with Crippen molar-refractivity contribution < 1.29 is 33.5 Å². The zero-order valence-electron chi connectivity index (χ0n) is 12.1. The largest absolute Gasteiger partial charge is 0.383 e. The normalized spacial score (nSPS) is 12.5. The van der Waals surface area contributed by atoms with Crippen LogP contribution in [0, 0.1) is 15.7 Å². The van der Waals surface area contributed by atoms with Gasteiger partial charge < -0.3 is 4.90 Å². The van der Waals surface area contributed by atoms with Gasteiger partial charge in [-0.3, -0.25) is 0 Å². The monoisotopic (exact) mass is 282 g/mol. The van der Waals surface area contributed by atoms with Crippen LogP contribution < -0.4 is 18.6 Å². The number of hydrogen-bond donors (Lipinski definition) is 0. The summed E-state index contributed by atoms with van der Waals surface area (Å²) in [5.74, 6) is 0. The predicted molar refractivity (Wildman–Crippen MR) is 59.4 cm³/mol. The molecule has 0 atom stereocenters. The average Bonchev–Trinajstić information content (AvgIpc) is 1.95. The minimum atomic E-state index is -4.94. The van der Waals surface area contributed by atoms with Gasteiger partial charge in [-0.2, -0.15) is 0 Å². The molecular weight excluding hydrogens is 260 g/mol. The summed E-state index contributed by atoms with van der Waals surface area (Å²) in [6.45, 7) is 6.67. The van der Waals surface area contributed by atoms with E-state index in [-0.39, 0.29) is 5.41 Å². The van der Waals surface area contributed by atoms with E-state index >= 15 is 0 Å². The summed E-state index contributed by atoms with van der Waals surface area (Å²) >= 11 is 0. The molecule has 18 heavy (non-hydrogen) atoms. The van der Waals surface area contributed by atoms with Crippen LogP contribution in [0.1, 0.15) is 20.8 Å². The lowest BCUT2D eigenvalue weighted by atomic mass is 9.87. The lowest BCUT2D eigenvalue weighted by Crippen LogP contribution is -2.68. The van der Waals surface area contributed by atoms with Crippen molar-refractivity contribution in [1.82, 2.24) is 4.90 Å². The highest BCUT2D eigenvalue weighted by Crippen LogP contribution is 2.23. The van der Waals surface area contributed by atoms with E-state index in [2.05, 4.69) is 70.9 Å². The van der Waals surface area contributed by atoms with E-state index in [0.29, 0.717) is 0 Å². The summed E-state index contributed by atoms with van der Waals surface area (Å²) in [6.07, 6.45) is 4.33. The second kappa shape index (κ2) is 7.70. The molecule has 0 saturated heterocycles. The van der Waals surface area contributed by atoms with Gasteiger partial charge in [-0.25, -0.2) is 23.2 Å². The Morgan fingerprint density at radius 1 is 1.06 bits per heavy atom. The van der Waals surface area contributed by atoms with Crippen molar-refractivity contribution in [3.8, 4) is 0 Å². The standard InChI is InChI=1S/C11H23N2.ClHO4/c1-11(2,3)10(8-12(4)5)9-13(6)7;2-1(3,4)5/h8-9H,1-7H3;(H,2,3,4,5)/q+1;/p-1. The molecule has 6 nitrogen and oxygen atoms in total. The summed E-state index contributed by atoms with van der Waals surface area (Å²) in [5.41, 5.74) is 1.54. The summed E-state index contributed by atoms with van der Waals surface area (Å²) in [6, 6.07) is 0. The van der Waals surface area contributed by atoms with Gasteiger partial charge in [0.2, 0.25) is 0 Å². The highest BCUT2D eigenvalue weighted by atomic mass is 35.7. The van der Waals surface area contributed by atoms with Crippen LogP contribution in [0.4, 0.5) is 0 Å². The molecule has 0 bridgehead atoms. The Morgan fingerprint density at radius 2 is 1.39 bits per heavy atom. The van der Waals surface area contributed by atoms with Crippen molar-refractivity contribution in [3.63, 3.8) is 0 Å². The molecule has 0 aliphatic carbocycles. The van der Waals surface area contributed by atoms with E-state index < -0.39 is 10.2 Å². The molecule has 0 aromatic rings. The van der Waals surface area contributed by atoms with Gasteiger partial charge in [-0.05, 0) is 5.41 Å². The Balaban J connectivity index is 0. The molecule has 0 aromatic carbocycles.